The van der Waals surface area contributed by atoms with Crippen LogP contribution >= 0.6 is 11.3 Å². The van der Waals surface area contributed by atoms with Gasteiger partial charge in [0, 0.05) is 10.9 Å². The summed E-state index contributed by atoms with van der Waals surface area (Å²) in [6.07, 6.45) is 0. The highest BCUT2D eigenvalue weighted by Crippen LogP contribution is 2.33. The molecule has 0 radical (unpaired) electrons. The van der Waals surface area contributed by atoms with Crippen LogP contribution < -0.4 is 19.5 Å². The molecule has 166 valence electrons. The number of carbonyl (C=O) groups excluding carboxylic acids is 3. The number of methoxy groups -OCH3 is 3. The third-order valence-corrected chi connectivity index (χ3v) is 5.17. The van der Waals surface area contributed by atoms with E-state index in [9.17, 15) is 14.4 Å². The summed E-state index contributed by atoms with van der Waals surface area (Å²) in [5.41, 5.74) is 0.962. The third kappa shape index (κ3) is 5.22. The average molecular weight is 456 g/mol. The fourth-order valence-corrected chi connectivity index (χ4v) is 3.52. The maximum atomic E-state index is 12.3. The Morgan fingerprint density at radius 1 is 0.938 bits per heavy atom. The summed E-state index contributed by atoms with van der Waals surface area (Å²) in [6.45, 7) is -0.636. The molecule has 32 heavy (non-hydrogen) atoms. The van der Waals surface area contributed by atoms with E-state index >= 15 is 0 Å². The second-order valence-electron chi connectivity index (χ2n) is 6.26. The Hall–Kier alpha value is -3.92. The number of carbonyl (C=O) groups is 3. The van der Waals surface area contributed by atoms with Crippen molar-refractivity contribution in [1.82, 2.24) is 10.3 Å². The van der Waals surface area contributed by atoms with Gasteiger partial charge in [-0.2, -0.15) is 0 Å². The zero-order chi connectivity index (χ0) is 23.1. The Bertz CT molecular complexity index is 1140. The minimum atomic E-state index is -0.784. The Morgan fingerprint density at radius 3 is 2.38 bits per heavy atom. The molecule has 0 spiro atoms. The van der Waals surface area contributed by atoms with Crippen LogP contribution in [0, 0.1) is 0 Å². The van der Waals surface area contributed by atoms with Gasteiger partial charge in [-0.15, -0.1) is 11.3 Å². The molecule has 9 nitrogen and oxygen atoms in total. The average Bonchev–Trinajstić information content (AvgIpc) is 3.32. The number of imide groups is 1. The smallest absolute Gasteiger partial charge is 0.358 e. The lowest BCUT2D eigenvalue weighted by Crippen LogP contribution is -2.34. The number of nitrogens with zero attached hydrogens (tertiary/aromatic N) is 1. The van der Waals surface area contributed by atoms with Crippen molar-refractivity contribution in [3.8, 4) is 27.8 Å². The van der Waals surface area contributed by atoms with E-state index in [2.05, 4.69) is 10.3 Å². The number of aromatic nitrogens is 1. The van der Waals surface area contributed by atoms with Gasteiger partial charge in [0.1, 0.15) is 10.8 Å². The Balaban J connectivity index is 1.59. The summed E-state index contributed by atoms with van der Waals surface area (Å²) in [6, 6.07) is 11.7. The Morgan fingerprint density at radius 2 is 1.66 bits per heavy atom. The van der Waals surface area contributed by atoms with Gasteiger partial charge in [0.05, 0.1) is 26.9 Å². The number of hydrogen-bond donors (Lipinski definition) is 1. The van der Waals surface area contributed by atoms with Crippen molar-refractivity contribution in [2.24, 2.45) is 0 Å². The first-order chi connectivity index (χ1) is 15.5. The number of amides is 2. The normalized spacial score (nSPS) is 10.2. The molecule has 2 amide bonds. The summed E-state index contributed by atoms with van der Waals surface area (Å²) in [7, 11) is 4.48. The van der Waals surface area contributed by atoms with Crippen LogP contribution in [0.3, 0.4) is 0 Å². The first kappa shape index (κ1) is 22.8. The molecule has 1 heterocycles. The van der Waals surface area contributed by atoms with Crippen LogP contribution in [-0.2, 0) is 9.53 Å². The van der Waals surface area contributed by atoms with Gasteiger partial charge >= 0.3 is 5.97 Å². The van der Waals surface area contributed by atoms with E-state index in [1.807, 2.05) is 0 Å². The highest BCUT2D eigenvalue weighted by molar-refractivity contribution is 7.13. The minimum absolute atomic E-state index is 0.0450. The predicted octanol–water partition coefficient (Wildman–Crippen LogP) is 2.95. The number of para-hydroxylation sites is 1. The monoisotopic (exact) mass is 456 g/mol. The maximum absolute atomic E-state index is 12.3. The number of thiazole rings is 1. The molecule has 10 heteroatoms. The number of ether oxygens (including phenoxy) is 4. The van der Waals surface area contributed by atoms with E-state index in [0.717, 1.165) is 5.56 Å². The predicted molar refractivity (Wildman–Crippen MR) is 116 cm³/mol. The number of nitrogens with one attached hydrogen (secondary N) is 1. The standard InChI is InChI=1S/C22H20N2O7S/c1-28-16-7-5-4-6-14(16)20(26)24-19(25)11-31-22(27)15-12-32-21(23-15)13-8-9-17(29-2)18(10-13)30-3/h4-10,12H,11H2,1-3H3,(H,24,25,26). The van der Waals surface area contributed by atoms with Crippen LogP contribution in [-0.4, -0.2) is 50.7 Å². The third-order valence-electron chi connectivity index (χ3n) is 4.28. The van der Waals surface area contributed by atoms with Crippen LogP contribution in [0.25, 0.3) is 10.6 Å². The first-order valence-corrected chi connectivity index (χ1v) is 10.2. The van der Waals surface area contributed by atoms with Crippen molar-refractivity contribution in [3.63, 3.8) is 0 Å². The molecule has 0 aliphatic rings. The lowest BCUT2D eigenvalue weighted by molar-refractivity contribution is -0.123. The lowest BCUT2D eigenvalue weighted by atomic mass is 10.2. The van der Waals surface area contributed by atoms with Crippen LogP contribution in [0.5, 0.6) is 17.2 Å². The zero-order valence-electron chi connectivity index (χ0n) is 17.5. The number of esters is 1. The minimum Gasteiger partial charge on any atom is -0.496 e. The van der Waals surface area contributed by atoms with Gasteiger partial charge in [-0.1, -0.05) is 12.1 Å². The fourth-order valence-electron chi connectivity index (χ4n) is 2.74. The van der Waals surface area contributed by atoms with Crippen LogP contribution in [0.15, 0.2) is 47.8 Å². The zero-order valence-corrected chi connectivity index (χ0v) is 18.4. The van der Waals surface area contributed by atoms with Crippen molar-refractivity contribution in [1.29, 1.82) is 0 Å². The molecule has 3 rings (SSSR count). The number of hydrogen-bond acceptors (Lipinski definition) is 9. The van der Waals surface area contributed by atoms with Gasteiger partial charge in [0.2, 0.25) is 0 Å². The van der Waals surface area contributed by atoms with E-state index in [0.29, 0.717) is 22.3 Å². The van der Waals surface area contributed by atoms with E-state index in [4.69, 9.17) is 18.9 Å². The second kappa shape index (κ2) is 10.4. The van der Waals surface area contributed by atoms with Gasteiger partial charge in [-0.05, 0) is 30.3 Å². The topological polar surface area (TPSA) is 113 Å². The molecule has 0 aliphatic heterocycles. The maximum Gasteiger partial charge on any atom is 0.358 e. The highest BCUT2D eigenvalue weighted by atomic mass is 32.1. The van der Waals surface area contributed by atoms with E-state index < -0.39 is 24.4 Å². The van der Waals surface area contributed by atoms with E-state index in [-0.39, 0.29) is 11.3 Å². The lowest BCUT2D eigenvalue weighted by Gasteiger charge is -2.08. The fraction of sp³-hybridized carbons (Fsp3) is 0.182. The molecular weight excluding hydrogens is 436 g/mol. The van der Waals surface area contributed by atoms with Gasteiger partial charge in [0.15, 0.2) is 23.8 Å². The van der Waals surface area contributed by atoms with Crippen LogP contribution in [0.4, 0.5) is 0 Å². The summed E-state index contributed by atoms with van der Waals surface area (Å²) < 4.78 is 20.6. The molecule has 0 aliphatic carbocycles. The summed E-state index contributed by atoms with van der Waals surface area (Å²) in [5, 5.41) is 4.24. The van der Waals surface area contributed by atoms with Gasteiger partial charge in [0.25, 0.3) is 11.8 Å². The van der Waals surface area contributed by atoms with Gasteiger partial charge in [-0.3, -0.25) is 14.9 Å². The first-order valence-electron chi connectivity index (χ1n) is 9.29. The number of rotatable bonds is 8. The Labute approximate surface area is 187 Å². The quantitative estimate of drug-likeness (QED) is 0.515. The van der Waals surface area contributed by atoms with Crippen molar-refractivity contribution < 1.29 is 33.3 Å². The molecule has 3 aromatic rings. The summed E-state index contributed by atoms with van der Waals surface area (Å²) >= 11 is 1.23. The van der Waals surface area contributed by atoms with Crippen LogP contribution in [0.1, 0.15) is 20.8 Å². The summed E-state index contributed by atoms with van der Waals surface area (Å²) in [4.78, 5) is 40.8. The molecule has 0 saturated heterocycles. The molecule has 1 N–H and O–H groups in total. The van der Waals surface area contributed by atoms with Crippen molar-refractivity contribution >= 4 is 29.1 Å². The number of benzene rings is 2. The highest BCUT2D eigenvalue weighted by Gasteiger charge is 2.18. The molecule has 0 atom stereocenters. The molecule has 1 aromatic heterocycles. The summed E-state index contributed by atoms with van der Waals surface area (Å²) in [5.74, 6) is -0.799. The van der Waals surface area contributed by atoms with Crippen LogP contribution in [0.2, 0.25) is 0 Å². The molecule has 0 bridgehead atoms. The van der Waals surface area contributed by atoms with E-state index in [1.165, 1.54) is 44.1 Å². The second-order valence-corrected chi connectivity index (χ2v) is 7.12. The molecule has 0 fully saturated rings. The van der Waals surface area contributed by atoms with Crippen molar-refractivity contribution in [3.05, 3.63) is 59.1 Å². The molecular formula is C22H20N2O7S. The SMILES string of the molecule is COc1ccc(-c2nc(C(=O)OCC(=O)NC(=O)c3ccccc3OC)cs2)cc1OC. The van der Waals surface area contributed by atoms with Gasteiger partial charge < -0.3 is 18.9 Å². The Kier molecular flexibility index (Phi) is 7.40. The van der Waals surface area contributed by atoms with Gasteiger partial charge in [-0.25, -0.2) is 9.78 Å². The molecule has 0 saturated carbocycles. The van der Waals surface area contributed by atoms with E-state index in [1.54, 1.807) is 36.4 Å². The molecule has 2 aromatic carbocycles. The largest absolute Gasteiger partial charge is 0.496 e. The van der Waals surface area contributed by atoms with Crippen molar-refractivity contribution in [2.45, 2.75) is 0 Å². The van der Waals surface area contributed by atoms with Crippen molar-refractivity contribution in [2.75, 3.05) is 27.9 Å². The molecule has 0 unspecified atom stereocenters.